The molecule has 2 aliphatic rings. The fourth-order valence-electron chi connectivity index (χ4n) is 4.57. The number of halogens is 1. The minimum atomic E-state index is -3.91. The Morgan fingerprint density at radius 1 is 1.06 bits per heavy atom. The van der Waals surface area contributed by atoms with Crippen molar-refractivity contribution < 1.29 is 18.0 Å². The Balaban J connectivity index is 1.40. The lowest BCUT2D eigenvalue weighted by molar-refractivity contribution is -0.144. The summed E-state index contributed by atoms with van der Waals surface area (Å²) in [6.45, 7) is 7.62. The Morgan fingerprint density at radius 2 is 1.74 bits per heavy atom. The van der Waals surface area contributed by atoms with Gasteiger partial charge in [-0.05, 0) is 61.7 Å². The van der Waals surface area contributed by atoms with Gasteiger partial charge in [-0.3, -0.25) is 14.5 Å². The third kappa shape index (κ3) is 5.54. The van der Waals surface area contributed by atoms with Crippen LogP contribution in [0.15, 0.2) is 41.3 Å². The van der Waals surface area contributed by atoms with E-state index in [-0.39, 0.29) is 23.3 Å². The molecule has 0 aromatic heterocycles. The lowest BCUT2D eigenvalue weighted by Crippen LogP contribution is -2.56. The lowest BCUT2D eigenvalue weighted by Gasteiger charge is -2.38. The van der Waals surface area contributed by atoms with Crippen molar-refractivity contribution in [2.75, 3.05) is 39.3 Å². The zero-order valence-electron chi connectivity index (χ0n) is 19.5. The van der Waals surface area contributed by atoms with Gasteiger partial charge < -0.3 is 9.80 Å². The molecule has 2 aliphatic heterocycles. The van der Waals surface area contributed by atoms with E-state index in [1.165, 1.54) is 11.0 Å². The molecule has 0 aliphatic carbocycles. The Bertz CT molecular complexity index is 1180. The maximum absolute atomic E-state index is 13.0. The molecular weight excluding hydrogens is 476 g/mol. The molecule has 2 aromatic rings. The average molecular weight is 507 g/mol. The molecule has 1 atom stereocenters. The topological polar surface area (TPSA) is 90.0 Å². The van der Waals surface area contributed by atoms with Crippen LogP contribution < -0.4 is 4.72 Å². The van der Waals surface area contributed by atoms with Crippen LogP contribution in [-0.2, 0) is 19.6 Å². The highest BCUT2D eigenvalue weighted by molar-refractivity contribution is 7.89. The van der Waals surface area contributed by atoms with E-state index < -0.39 is 16.1 Å². The Kier molecular flexibility index (Phi) is 7.47. The first-order valence-corrected chi connectivity index (χ1v) is 13.5. The normalized spacial score (nSPS) is 20.4. The summed E-state index contributed by atoms with van der Waals surface area (Å²) >= 11 is 6.01. The number of amides is 2. The van der Waals surface area contributed by atoms with E-state index in [4.69, 9.17) is 11.6 Å². The van der Waals surface area contributed by atoms with Crippen molar-refractivity contribution in [1.29, 1.82) is 0 Å². The number of nitrogens with one attached hydrogen (secondary N) is 1. The molecule has 34 heavy (non-hydrogen) atoms. The third-order valence-electron chi connectivity index (χ3n) is 6.64. The number of nitrogens with zero attached hydrogens (tertiary/aromatic N) is 3. The van der Waals surface area contributed by atoms with Crippen LogP contribution in [0.3, 0.4) is 0 Å². The molecule has 2 aromatic carbocycles. The van der Waals surface area contributed by atoms with Gasteiger partial charge in [0.1, 0.15) is 6.04 Å². The number of piperidine rings is 1. The summed E-state index contributed by atoms with van der Waals surface area (Å²) in [7, 11) is -3.91. The summed E-state index contributed by atoms with van der Waals surface area (Å²) in [5, 5.41) is 2.15. The number of piperazine rings is 1. The second-order valence-corrected chi connectivity index (χ2v) is 11.4. The van der Waals surface area contributed by atoms with E-state index in [2.05, 4.69) is 23.5 Å². The molecule has 1 unspecified atom stereocenters. The molecule has 10 heteroatoms. The molecule has 2 saturated heterocycles. The van der Waals surface area contributed by atoms with Gasteiger partial charge in [0, 0.05) is 43.8 Å². The van der Waals surface area contributed by atoms with Gasteiger partial charge in [-0.1, -0.05) is 23.7 Å². The second kappa shape index (κ2) is 10.2. The number of likely N-dealkylation sites (tertiary alicyclic amines) is 1. The summed E-state index contributed by atoms with van der Waals surface area (Å²) in [6, 6.07) is 9.56. The van der Waals surface area contributed by atoms with E-state index in [0.717, 1.165) is 23.9 Å². The smallest absolute Gasteiger partial charge is 0.242 e. The largest absolute Gasteiger partial charge is 0.339 e. The predicted molar refractivity (Wildman–Crippen MR) is 132 cm³/mol. The van der Waals surface area contributed by atoms with Crippen molar-refractivity contribution in [3.05, 3.63) is 41.4 Å². The van der Waals surface area contributed by atoms with Crippen LogP contribution in [0.25, 0.3) is 10.8 Å². The Morgan fingerprint density at radius 3 is 2.44 bits per heavy atom. The Hall–Kier alpha value is -2.20. The van der Waals surface area contributed by atoms with Crippen LogP contribution >= 0.6 is 11.6 Å². The number of hydrogen-bond acceptors (Lipinski definition) is 5. The van der Waals surface area contributed by atoms with Crippen LogP contribution in [0, 0.1) is 0 Å². The van der Waals surface area contributed by atoms with Crippen LogP contribution in [0.5, 0.6) is 0 Å². The van der Waals surface area contributed by atoms with Gasteiger partial charge in [0.25, 0.3) is 0 Å². The van der Waals surface area contributed by atoms with Crippen LogP contribution in [0.4, 0.5) is 0 Å². The van der Waals surface area contributed by atoms with Gasteiger partial charge in [0.05, 0.1) is 11.4 Å². The summed E-state index contributed by atoms with van der Waals surface area (Å²) in [5.74, 6) is -0.440. The van der Waals surface area contributed by atoms with Gasteiger partial charge in [0.2, 0.25) is 21.8 Å². The summed E-state index contributed by atoms with van der Waals surface area (Å²) in [4.78, 5) is 31.6. The zero-order valence-corrected chi connectivity index (χ0v) is 21.1. The quantitative estimate of drug-likeness (QED) is 0.649. The summed E-state index contributed by atoms with van der Waals surface area (Å²) < 4.78 is 28.6. The number of fused-ring (bicyclic) bond motifs is 1. The van der Waals surface area contributed by atoms with Crippen molar-refractivity contribution >= 4 is 44.2 Å². The molecule has 4 rings (SSSR count). The fourth-order valence-corrected chi connectivity index (χ4v) is 6.01. The standard InChI is InChI=1S/C24H31ClN4O4S/c1-17(2)27-10-12-28(13-11-27)23(30)16-29-9-3-4-22(24(29)31)26-34(32,33)21-8-6-18-14-20(25)7-5-19(18)15-21/h5-8,14-15,17,22,26H,3-4,9-13,16H2,1-2H3. The summed E-state index contributed by atoms with van der Waals surface area (Å²) in [6.07, 6.45) is 1.03. The van der Waals surface area contributed by atoms with Gasteiger partial charge in [-0.2, -0.15) is 4.72 Å². The molecule has 1 N–H and O–H groups in total. The van der Waals surface area contributed by atoms with Gasteiger partial charge in [0.15, 0.2) is 0 Å². The maximum atomic E-state index is 13.0. The van der Waals surface area contributed by atoms with Crippen LogP contribution in [0.1, 0.15) is 26.7 Å². The minimum absolute atomic E-state index is 0.0184. The highest BCUT2D eigenvalue weighted by Crippen LogP contribution is 2.23. The second-order valence-electron chi connectivity index (χ2n) is 9.24. The first kappa shape index (κ1) is 24.9. The average Bonchev–Trinajstić information content (AvgIpc) is 2.81. The van der Waals surface area contributed by atoms with E-state index in [9.17, 15) is 18.0 Å². The number of rotatable bonds is 6. The molecule has 8 nitrogen and oxygen atoms in total. The van der Waals surface area contributed by atoms with E-state index in [1.54, 1.807) is 35.2 Å². The van der Waals surface area contributed by atoms with Crippen molar-refractivity contribution in [3.63, 3.8) is 0 Å². The number of hydrogen-bond donors (Lipinski definition) is 1. The van der Waals surface area contributed by atoms with Gasteiger partial charge in [-0.15, -0.1) is 0 Å². The molecule has 2 amide bonds. The molecular formula is C24H31ClN4O4S. The van der Waals surface area contributed by atoms with Crippen molar-refractivity contribution in [2.45, 2.75) is 43.7 Å². The number of sulfonamides is 1. The van der Waals surface area contributed by atoms with Crippen LogP contribution in [0.2, 0.25) is 5.02 Å². The fraction of sp³-hybridized carbons (Fsp3) is 0.500. The molecule has 2 fully saturated rings. The highest BCUT2D eigenvalue weighted by Gasteiger charge is 2.34. The summed E-state index contributed by atoms with van der Waals surface area (Å²) in [5.41, 5.74) is 0. The maximum Gasteiger partial charge on any atom is 0.242 e. The van der Waals surface area contributed by atoms with Gasteiger partial charge >= 0.3 is 0 Å². The van der Waals surface area contributed by atoms with Crippen molar-refractivity contribution in [2.24, 2.45) is 0 Å². The number of carbonyl (C=O) groups is 2. The molecule has 2 heterocycles. The van der Waals surface area contributed by atoms with Crippen molar-refractivity contribution in [3.8, 4) is 0 Å². The first-order chi connectivity index (χ1) is 16.1. The minimum Gasteiger partial charge on any atom is -0.339 e. The van der Waals surface area contributed by atoms with E-state index >= 15 is 0 Å². The number of carbonyl (C=O) groups excluding carboxylic acids is 2. The third-order valence-corrected chi connectivity index (χ3v) is 8.34. The molecule has 184 valence electrons. The van der Waals surface area contributed by atoms with E-state index in [0.29, 0.717) is 43.5 Å². The highest BCUT2D eigenvalue weighted by atomic mass is 35.5. The molecule has 0 radical (unpaired) electrons. The Labute approximate surface area is 205 Å². The van der Waals surface area contributed by atoms with Gasteiger partial charge in [-0.25, -0.2) is 8.42 Å². The first-order valence-electron chi connectivity index (χ1n) is 11.7. The molecule has 0 spiro atoms. The SMILES string of the molecule is CC(C)N1CCN(C(=O)CN2CCCC(NS(=O)(=O)c3ccc4cc(Cl)ccc4c3)C2=O)CC1. The monoisotopic (exact) mass is 506 g/mol. The number of benzene rings is 2. The molecule has 0 bridgehead atoms. The predicted octanol–water partition coefficient (Wildman–Crippen LogP) is 2.32. The van der Waals surface area contributed by atoms with E-state index in [1.807, 2.05) is 0 Å². The zero-order chi connectivity index (χ0) is 24.5. The van der Waals surface area contributed by atoms with Crippen LogP contribution in [-0.4, -0.2) is 86.3 Å². The van der Waals surface area contributed by atoms with Crippen molar-refractivity contribution in [1.82, 2.24) is 19.4 Å². The molecule has 0 saturated carbocycles. The lowest BCUT2D eigenvalue weighted by atomic mass is 10.1.